The molecular formula is C12H17ClFNO. The van der Waals surface area contributed by atoms with Crippen LogP contribution in [0.5, 0.6) is 0 Å². The Morgan fingerprint density at radius 2 is 2.19 bits per heavy atom. The highest BCUT2D eigenvalue weighted by molar-refractivity contribution is 6.30. The van der Waals surface area contributed by atoms with Crippen LogP contribution in [0.1, 0.15) is 31.9 Å². The normalized spacial score (nSPS) is 14.8. The van der Waals surface area contributed by atoms with Crippen LogP contribution in [-0.2, 0) is 0 Å². The number of hydrogen-bond donors (Lipinski definition) is 2. The summed E-state index contributed by atoms with van der Waals surface area (Å²) in [4.78, 5) is 0. The van der Waals surface area contributed by atoms with Gasteiger partial charge in [0.1, 0.15) is 5.82 Å². The van der Waals surface area contributed by atoms with Crippen molar-refractivity contribution < 1.29 is 9.50 Å². The lowest BCUT2D eigenvalue weighted by atomic mass is 10.1. The molecule has 0 saturated carbocycles. The van der Waals surface area contributed by atoms with Gasteiger partial charge in [0, 0.05) is 12.6 Å². The van der Waals surface area contributed by atoms with Gasteiger partial charge in [0.25, 0.3) is 0 Å². The second-order valence-corrected chi connectivity index (χ2v) is 4.27. The van der Waals surface area contributed by atoms with Crippen LogP contribution >= 0.6 is 11.6 Å². The third kappa shape index (κ3) is 3.74. The van der Waals surface area contributed by atoms with Crippen LogP contribution in [-0.4, -0.2) is 17.8 Å². The summed E-state index contributed by atoms with van der Waals surface area (Å²) in [5, 5.41) is 12.7. The number of aliphatic hydroxyl groups excluding tert-OH is 1. The SMILES string of the molecule is CC[C@H](O)CN[C@H](C)c1ccc(F)c(Cl)c1. The van der Waals surface area contributed by atoms with E-state index in [1.165, 1.54) is 6.07 Å². The Balaban J connectivity index is 2.59. The Kier molecular flexibility index (Phi) is 5.19. The first-order valence-corrected chi connectivity index (χ1v) is 5.78. The van der Waals surface area contributed by atoms with Crippen LogP contribution in [0.2, 0.25) is 5.02 Å². The van der Waals surface area contributed by atoms with Crippen LogP contribution in [0.25, 0.3) is 0 Å². The van der Waals surface area contributed by atoms with Gasteiger partial charge in [0.2, 0.25) is 0 Å². The maximum absolute atomic E-state index is 12.9. The smallest absolute Gasteiger partial charge is 0.141 e. The Morgan fingerprint density at radius 3 is 2.75 bits per heavy atom. The Bertz CT molecular complexity index is 346. The second-order valence-electron chi connectivity index (χ2n) is 3.87. The molecule has 0 spiro atoms. The van der Waals surface area contributed by atoms with Crippen molar-refractivity contribution in [2.24, 2.45) is 0 Å². The topological polar surface area (TPSA) is 32.3 Å². The fourth-order valence-corrected chi connectivity index (χ4v) is 1.55. The lowest BCUT2D eigenvalue weighted by Gasteiger charge is -2.17. The van der Waals surface area contributed by atoms with Crippen LogP contribution in [0.3, 0.4) is 0 Å². The van der Waals surface area contributed by atoms with Crippen LogP contribution in [0, 0.1) is 5.82 Å². The Labute approximate surface area is 100 Å². The molecule has 2 N–H and O–H groups in total. The minimum Gasteiger partial charge on any atom is -0.392 e. The molecule has 0 radical (unpaired) electrons. The number of hydrogen-bond acceptors (Lipinski definition) is 2. The van der Waals surface area contributed by atoms with Crippen molar-refractivity contribution >= 4 is 11.6 Å². The summed E-state index contributed by atoms with van der Waals surface area (Å²) in [7, 11) is 0. The lowest BCUT2D eigenvalue weighted by molar-refractivity contribution is 0.164. The van der Waals surface area contributed by atoms with Crippen molar-refractivity contribution in [1.82, 2.24) is 5.32 Å². The molecule has 0 amide bonds. The average molecular weight is 246 g/mol. The van der Waals surface area contributed by atoms with E-state index in [1.54, 1.807) is 12.1 Å². The molecule has 1 aromatic rings. The molecular weight excluding hydrogens is 229 g/mol. The van der Waals surface area contributed by atoms with Gasteiger partial charge in [-0.15, -0.1) is 0 Å². The van der Waals surface area contributed by atoms with E-state index in [2.05, 4.69) is 5.32 Å². The molecule has 0 unspecified atom stereocenters. The molecule has 2 atom stereocenters. The highest BCUT2D eigenvalue weighted by atomic mass is 35.5. The van der Waals surface area contributed by atoms with Crippen molar-refractivity contribution in [3.63, 3.8) is 0 Å². The largest absolute Gasteiger partial charge is 0.392 e. The van der Waals surface area contributed by atoms with Crippen molar-refractivity contribution in [1.29, 1.82) is 0 Å². The first-order chi connectivity index (χ1) is 7.54. The molecule has 4 heteroatoms. The van der Waals surface area contributed by atoms with Crippen LogP contribution < -0.4 is 5.32 Å². The third-order valence-electron chi connectivity index (χ3n) is 2.57. The summed E-state index contributed by atoms with van der Waals surface area (Å²) in [5.74, 6) is -0.411. The summed E-state index contributed by atoms with van der Waals surface area (Å²) in [6, 6.07) is 4.69. The third-order valence-corrected chi connectivity index (χ3v) is 2.86. The van der Waals surface area contributed by atoms with Gasteiger partial charge in [0.15, 0.2) is 0 Å². The van der Waals surface area contributed by atoms with E-state index in [4.69, 9.17) is 11.6 Å². The van der Waals surface area contributed by atoms with E-state index in [9.17, 15) is 9.50 Å². The van der Waals surface area contributed by atoms with Gasteiger partial charge in [-0.3, -0.25) is 0 Å². The van der Waals surface area contributed by atoms with Gasteiger partial charge in [-0.05, 0) is 31.0 Å². The molecule has 0 heterocycles. The lowest BCUT2D eigenvalue weighted by Crippen LogP contribution is -2.28. The van der Waals surface area contributed by atoms with Crippen molar-refractivity contribution in [2.75, 3.05) is 6.54 Å². The molecule has 0 aliphatic rings. The van der Waals surface area contributed by atoms with E-state index < -0.39 is 5.82 Å². The van der Waals surface area contributed by atoms with Gasteiger partial charge in [-0.2, -0.15) is 0 Å². The number of aliphatic hydroxyl groups is 1. The number of halogens is 2. The summed E-state index contributed by atoms with van der Waals surface area (Å²) < 4.78 is 12.9. The second kappa shape index (κ2) is 6.18. The quantitative estimate of drug-likeness (QED) is 0.836. The monoisotopic (exact) mass is 245 g/mol. The zero-order valence-corrected chi connectivity index (χ0v) is 10.3. The molecule has 1 rings (SSSR count). The molecule has 1 aromatic carbocycles. The maximum Gasteiger partial charge on any atom is 0.141 e. The number of benzene rings is 1. The molecule has 2 nitrogen and oxygen atoms in total. The Morgan fingerprint density at radius 1 is 1.50 bits per heavy atom. The van der Waals surface area contributed by atoms with Crippen molar-refractivity contribution in [2.45, 2.75) is 32.4 Å². The first kappa shape index (κ1) is 13.4. The first-order valence-electron chi connectivity index (χ1n) is 5.41. The summed E-state index contributed by atoms with van der Waals surface area (Å²) in [5.41, 5.74) is 0.912. The van der Waals surface area contributed by atoms with Gasteiger partial charge < -0.3 is 10.4 Å². The molecule has 0 aliphatic carbocycles. The predicted molar refractivity (Wildman–Crippen MR) is 64.1 cm³/mol. The molecule has 0 aliphatic heterocycles. The summed E-state index contributed by atoms with van der Waals surface area (Å²) in [6.45, 7) is 4.39. The zero-order chi connectivity index (χ0) is 12.1. The van der Waals surface area contributed by atoms with E-state index in [0.717, 1.165) is 5.56 Å². The van der Waals surface area contributed by atoms with Crippen LogP contribution in [0.4, 0.5) is 4.39 Å². The molecule has 0 fully saturated rings. The fraction of sp³-hybridized carbons (Fsp3) is 0.500. The average Bonchev–Trinajstić information content (AvgIpc) is 2.29. The summed E-state index contributed by atoms with van der Waals surface area (Å²) >= 11 is 5.70. The van der Waals surface area contributed by atoms with Gasteiger partial charge in [-0.1, -0.05) is 24.6 Å². The van der Waals surface area contributed by atoms with E-state index in [-0.39, 0.29) is 17.2 Å². The van der Waals surface area contributed by atoms with Gasteiger partial charge in [0.05, 0.1) is 11.1 Å². The van der Waals surface area contributed by atoms with Gasteiger partial charge in [-0.25, -0.2) is 4.39 Å². The maximum atomic E-state index is 12.9. The molecule has 90 valence electrons. The standard InChI is InChI=1S/C12H17ClFNO/c1-3-10(16)7-15-8(2)9-4-5-12(14)11(13)6-9/h4-6,8,10,15-16H,3,7H2,1-2H3/t8-,10+/m1/s1. The van der Waals surface area contributed by atoms with E-state index >= 15 is 0 Å². The number of nitrogens with one attached hydrogen (secondary N) is 1. The number of rotatable bonds is 5. The van der Waals surface area contributed by atoms with Gasteiger partial charge >= 0.3 is 0 Å². The van der Waals surface area contributed by atoms with E-state index in [0.29, 0.717) is 13.0 Å². The minimum absolute atomic E-state index is 0.0410. The molecule has 16 heavy (non-hydrogen) atoms. The van der Waals surface area contributed by atoms with Crippen LogP contribution in [0.15, 0.2) is 18.2 Å². The molecule has 0 aromatic heterocycles. The molecule has 0 saturated heterocycles. The van der Waals surface area contributed by atoms with Crippen molar-refractivity contribution in [3.05, 3.63) is 34.6 Å². The van der Waals surface area contributed by atoms with Crippen molar-refractivity contribution in [3.8, 4) is 0 Å². The Hall–Kier alpha value is -0.640. The predicted octanol–water partition coefficient (Wildman–Crippen LogP) is 2.90. The zero-order valence-electron chi connectivity index (χ0n) is 9.50. The fourth-order valence-electron chi connectivity index (χ4n) is 1.36. The summed E-state index contributed by atoms with van der Waals surface area (Å²) in [6.07, 6.45) is 0.363. The van der Waals surface area contributed by atoms with E-state index in [1.807, 2.05) is 13.8 Å². The highest BCUT2D eigenvalue weighted by Gasteiger charge is 2.09. The highest BCUT2D eigenvalue weighted by Crippen LogP contribution is 2.20. The molecule has 0 bridgehead atoms. The minimum atomic E-state index is -0.411.